The molecule has 3 rings (SSSR count). The van der Waals surface area contributed by atoms with Crippen LogP contribution >= 0.6 is 12.2 Å². The van der Waals surface area contributed by atoms with E-state index in [0.29, 0.717) is 16.1 Å². The Balaban J connectivity index is 1.99. The van der Waals surface area contributed by atoms with Crippen molar-refractivity contribution in [3.8, 4) is 11.5 Å². The molecular weight excluding hydrogens is 256 g/mol. The molecule has 0 aliphatic heterocycles. The van der Waals surface area contributed by atoms with E-state index < -0.39 is 0 Å². The zero-order valence-electron chi connectivity index (χ0n) is 11.3. The van der Waals surface area contributed by atoms with Gasteiger partial charge in [-0.2, -0.15) is 5.10 Å². The highest BCUT2D eigenvalue weighted by Gasteiger charge is 2.46. The Morgan fingerprint density at radius 2 is 2.21 bits per heavy atom. The van der Waals surface area contributed by atoms with Gasteiger partial charge in [0.2, 0.25) is 0 Å². The molecule has 0 atom stereocenters. The minimum Gasteiger partial charge on any atom is -0.298 e. The summed E-state index contributed by atoms with van der Waals surface area (Å²) < 4.78 is 2.79. The van der Waals surface area contributed by atoms with Crippen LogP contribution in [0.5, 0.6) is 0 Å². The molecule has 4 nitrogen and oxygen atoms in total. The summed E-state index contributed by atoms with van der Waals surface area (Å²) in [7, 11) is 0. The number of aromatic amines is 1. The Hall–Kier alpha value is -1.49. The van der Waals surface area contributed by atoms with Gasteiger partial charge in [-0.3, -0.25) is 14.6 Å². The predicted molar refractivity (Wildman–Crippen MR) is 77.1 cm³/mol. The normalized spacial score (nSPS) is 16.8. The van der Waals surface area contributed by atoms with Crippen molar-refractivity contribution >= 4 is 12.2 Å². The number of hydrogen-bond acceptors (Lipinski definition) is 3. The molecule has 0 bridgehead atoms. The molecule has 2 aromatic heterocycles. The molecule has 0 spiro atoms. The van der Waals surface area contributed by atoms with Gasteiger partial charge in [0.1, 0.15) is 5.69 Å². The number of hydrogen-bond donors (Lipinski definition) is 1. The first-order valence-corrected chi connectivity index (χ1v) is 7.10. The topological polar surface area (TPSA) is 46.5 Å². The fraction of sp³-hybridized carbons (Fsp3) is 0.500. The number of nitrogens with zero attached hydrogens (tertiary/aromatic N) is 3. The van der Waals surface area contributed by atoms with E-state index >= 15 is 0 Å². The maximum Gasteiger partial charge on any atom is 0.195 e. The van der Waals surface area contributed by atoms with Gasteiger partial charge in [-0.05, 0) is 48.5 Å². The van der Waals surface area contributed by atoms with Gasteiger partial charge in [-0.1, -0.05) is 19.9 Å². The first-order valence-electron chi connectivity index (χ1n) is 6.69. The predicted octanol–water partition coefficient (Wildman–Crippen LogP) is 3.44. The van der Waals surface area contributed by atoms with Gasteiger partial charge in [0.15, 0.2) is 10.6 Å². The Labute approximate surface area is 117 Å². The van der Waals surface area contributed by atoms with Crippen molar-refractivity contribution in [3.63, 3.8) is 0 Å². The highest BCUT2D eigenvalue weighted by atomic mass is 32.1. The second-order valence-electron chi connectivity index (χ2n) is 5.67. The van der Waals surface area contributed by atoms with Gasteiger partial charge in [0, 0.05) is 12.7 Å². The summed E-state index contributed by atoms with van der Waals surface area (Å²) in [5.41, 5.74) is 1.26. The lowest BCUT2D eigenvalue weighted by atomic mass is 9.92. The van der Waals surface area contributed by atoms with E-state index in [2.05, 4.69) is 33.6 Å². The summed E-state index contributed by atoms with van der Waals surface area (Å²) in [4.78, 5) is 4.37. The third kappa shape index (κ3) is 2.23. The summed E-state index contributed by atoms with van der Waals surface area (Å²) >= 11 is 5.37. The minimum absolute atomic E-state index is 0.394. The van der Waals surface area contributed by atoms with Crippen molar-refractivity contribution in [2.24, 2.45) is 11.3 Å². The van der Waals surface area contributed by atoms with Crippen molar-refractivity contribution in [1.29, 1.82) is 0 Å². The molecule has 0 unspecified atom stereocenters. The molecule has 0 saturated heterocycles. The van der Waals surface area contributed by atoms with E-state index in [1.54, 1.807) is 6.20 Å². The van der Waals surface area contributed by atoms with Crippen LogP contribution in [0.15, 0.2) is 24.4 Å². The molecule has 1 aliphatic carbocycles. The molecule has 2 heterocycles. The summed E-state index contributed by atoms with van der Waals surface area (Å²) in [6.45, 7) is 5.51. The van der Waals surface area contributed by atoms with Crippen molar-refractivity contribution in [2.45, 2.75) is 33.2 Å². The van der Waals surface area contributed by atoms with Crippen molar-refractivity contribution in [2.75, 3.05) is 0 Å². The molecular formula is C14H18N4S. The quantitative estimate of drug-likeness (QED) is 0.869. The maximum absolute atomic E-state index is 5.37. The van der Waals surface area contributed by atoms with Crippen LogP contribution in [0.1, 0.15) is 26.7 Å². The Morgan fingerprint density at radius 3 is 2.79 bits per heavy atom. The lowest BCUT2D eigenvalue weighted by molar-refractivity contribution is 0.308. The first kappa shape index (κ1) is 12.5. The molecule has 1 fully saturated rings. The monoisotopic (exact) mass is 274 g/mol. The summed E-state index contributed by atoms with van der Waals surface area (Å²) in [6, 6.07) is 5.85. The third-order valence-corrected chi connectivity index (χ3v) is 4.55. The smallest absolute Gasteiger partial charge is 0.195 e. The second kappa shape index (κ2) is 4.56. The fourth-order valence-corrected chi connectivity index (χ4v) is 2.75. The Morgan fingerprint density at radius 1 is 1.42 bits per heavy atom. The van der Waals surface area contributed by atoms with Crippen LogP contribution < -0.4 is 0 Å². The third-order valence-electron chi connectivity index (χ3n) is 4.24. The van der Waals surface area contributed by atoms with Crippen molar-refractivity contribution in [3.05, 3.63) is 29.2 Å². The molecule has 1 aliphatic rings. The molecule has 2 aromatic rings. The van der Waals surface area contributed by atoms with Crippen LogP contribution in [-0.2, 0) is 6.54 Å². The van der Waals surface area contributed by atoms with Gasteiger partial charge >= 0.3 is 0 Å². The lowest BCUT2D eigenvalue weighted by Gasteiger charge is -2.20. The van der Waals surface area contributed by atoms with E-state index in [0.717, 1.165) is 18.1 Å². The highest BCUT2D eigenvalue weighted by Crippen LogP contribution is 2.53. The molecule has 19 heavy (non-hydrogen) atoms. The van der Waals surface area contributed by atoms with E-state index in [9.17, 15) is 0 Å². The van der Waals surface area contributed by atoms with Gasteiger partial charge in [-0.25, -0.2) is 0 Å². The van der Waals surface area contributed by atoms with Crippen LogP contribution in [0, 0.1) is 16.1 Å². The summed E-state index contributed by atoms with van der Waals surface area (Å²) in [5.74, 6) is 1.51. The van der Waals surface area contributed by atoms with E-state index in [1.165, 1.54) is 12.8 Å². The van der Waals surface area contributed by atoms with Gasteiger partial charge < -0.3 is 0 Å². The molecule has 1 saturated carbocycles. The van der Waals surface area contributed by atoms with Crippen molar-refractivity contribution in [1.82, 2.24) is 19.7 Å². The van der Waals surface area contributed by atoms with Gasteiger partial charge in [0.05, 0.1) is 0 Å². The number of pyridine rings is 1. The van der Waals surface area contributed by atoms with Crippen LogP contribution in [0.3, 0.4) is 0 Å². The zero-order valence-corrected chi connectivity index (χ0v) is 12.1. The first-order chi connectivity index (χ1) is 9.12. The number of rotatable bonds is 4. The standard InChI is InChI=1S/C14H18N4S/c1-10(2)14(6-7-14)9-18-12(16-17-13(18)19)11-5-3-4-8-15-11/h3-5,8,10H,6-7,9H2,1-2H3,(H,17,19). The lowest BCUT2D eigenvalue weighted by Crippen LogP contribution is -2.18. The number of nitrogens with one attached hydrogen (secondary N) is 1. The number of H-pyrrole nitrogens is 1. The average Bonchev–Trinajstić information content (AvgIpc) is 3.11. The maximum atomic E-state index is 5.37. The summed E-state index contributed by atoms with van der Waals surface area (Å²) in [6.07, 6.45) is 4.34. The molecule has 5 heteroatoms. The van der Waals surface area contributed by atoms with Gasteiger partial charge in [0.25, 0.3) is 0 Å². The number of aromatic nitrogens is 4. The van der Waals surface area contributed by atoms with Crippen LogP contribution in [0.4, 0.5) is 0 Å². The molecule has 0 aromatic carbocycles. The molecule has 1 N–H and O–H groups in total. The zero-order chi connectivity index (χ0) is 13.5. The van der Waals surface area contributed by atoms with E-state index in [4.69, 9.17) is 12.2 Å². The average molecular weight is 274 g/mol. The largest absolute Gasteiger partial charge is 0.298 e. The minimum atomic E-state index is 0.394. The van der Waals surface area contributed by atoms with Crippen molar-refractivity contribution < 1.29 is 0 Å². The van der Waals surface area contributed by atoms with E-state index in [-0.39, 0.29) is 0 Å². The summed E-state index contributed by atoms with van der Waals surface area (Å²) in [5, 5.41) is 7.24. The van der Waals surface area contributed by atoms with Crippen LogP contribution in [0.25, 0.3) is 11.5 Å². The second-order valence-corrected chi connectivity index (χ2v) is 6.06. The van der Waals surface area contributed by atoms with Crippen LogP contribution in [-0.4, -0.2) is 19.7 Å². The molecule has 0 amide bonds. The molecule has 0 radical (unpaired) electrons. The Bertz CT molecular complexity index is 622. The molecule has 100 valence electrons. The fourth-order valence-electron chi connectivity index (χ4n) is 2.55. The highest BCUT2D eigenvalue weighted by molar-refractivity contribution is 7.71. The van der Waals surface area contributed by atoms with E-state index in [1.807, 2.05) is 18.2 Å². The SMILES string of the molecule is CC(C)C1(Cn2c(-c3ccccn3)n[nH]c2=S)CC1. The van der Waals surface area contributed by atoms with Crippen LogP contribution in [0.2, 0.25) is 0 Å². The Kier molecular flexibility index (Phi) is 3.01. The van der Waals surface area contributed by atoms with Gasteiger partial charge in [-0.15, -0.1) is 0 Å².